The smallest absolute Gasteiger partial charge is 0.241 e. The number of hydrogen-bond donors (Lipinski definition) is 3. The van der Waals surface area contributed by atoms with Gasteiger partial charge in [0, 0.05) is 37.6 Å². The van der Waals surface area contributed by atoms with Crippen LogP contribution in [0, 0.1) is 5.92 Å². The van der Waals surface area contributed by atoms with Crippen LogP contribution in [-0.2, 0) is 9.59 Å². The minimum absolute atomic E-state index is 0.0821. The van der Waals surface area contributed by atoms with E-state index in [1.165, 1.54) is 25.7 Å². The third-order valence-corrected chi connectivity index (χ3v) is 6.62. The topological polar surface area (TPSA) is 86.4 Å². The van der Waals surface area contributed by atoms with Gasteiger partial charge in [-0.15, -0.1) is 0 Å². The van der Waals surface area contributed by atoms with Crippen LogP contribution in [0.3, 0.4) is 0 Å². The predicted octanol–water partition coefficient (Wildman–Crippen LogP) is 2.07. The molecule has 0 aromatic carbocycles. The van der Waals surface area contributed by atoms with Gasteiger partial charge in [0.15, 0.2) is 0 Å². The van der Waals surface area contributed by atoms with Crippen LogP contribution >= 0.6 is 0 Å². The quantitative estimate of drug-likeness (QED) is 0.675. The lowest BCUT2D eigenvalue weighted by molar-refractivity contribution is -0.137. The van der Waals surface area contributed by atoms with Crippen molar-refractivity contribution in [3.05, 3.63) is 30.1 Å². The number of hydrazine groups is 1. The lowest BCUT2D eigenvalue weighted by Gasteiger charge is -2.34. The van der Waals surface area contributed by atoms with E-state index in [0.717, 1.165) is 37.8 Å². The molecule has 0 bridgehead atoms. The van der Waals surface area contributed by atoms with E-state index in [2.05, 4.69) is 21.2 Å². The highest BCUT2D eigenvalue weighted by atomic mass is 16.2. The molecule has 1 saturated carbocycles. The normalized spacial score (nSPS) is 28.7. The monoisotopic (exact) mass is 399 g/mol. The number of rotatable bonds is 4. The van der Waals surface area contributed by atoms with E-state index >= 15 is 0 Å². The molecule has 3 unspecified atom stereocenters. The zero-order chi connectivity index (χ0) is 20.1. The van der Waals surface area contributed by atoms with Crippen molar-refractivity contribution < 1.29 is 9.59 Å². The fraction of sp³-hybridized carbons (Fsp3) is 0.682. The molecule has 2 aliphatic heterocycles. The van der Waals surface area contributed by atoms with Crippen molar-refractivity contribution in [2.75, 3.05) is 13.1 Å². The standard InChI is InChI=1S/C22H33N5O2/c28-21(24-18-7-3-1-2-4-8-18)17-6-5-13-27(15-17)22(29)20-14-19(25-26-20)16-9-11-23-12-10-16/h9-12,17-20,25-26H,1-8,13-15H2,(H,24,28). The summed E-state index contributed by atoms with van der Waals surface area (Å²) in [6.45, 7) is 1.28. The molecule has 1 aromatic rings. The van der Waals surface area contributed by atoms with Crippen molar-refractivity contribution in [2.45, 2.75) is 75.9 Å². The Morgan fingerprint density at radius 3 is 2.52 bits per heavy atom. The fourth-order valence-corrected chi connectivity index (χ4v) is 4.89. The molecule has 7 nitrogen and oxygen atoms in total. The first-order valence-corrected chi connectivity index (χ1v) is 11.2. The summed E-state index contributed by atoms with van der Waals surface area (Å²) in [7, 11) is 0. The molecular formula is C22H33N5O2. The second-order valence-electron chi connectivity index (χ2n) is 8.73. The number of piperidine rings is 1. The van der Waals surface area contributed by atoms with Crippen molar-refractivity contribution in [1.29, 1.82) is 0 Å². The predicted molar refractivity (Wildman–Crippen MR) is 111 cm³/mol. The largest absolute Gasteiger partial charge is 0.353 e. The number of amides is 2. The molecule has 158 valence electrons. The Balaban J connectivity index is 1.30. The molecule has 3 aliphatic rings. The van der Waals surface area contributed by atoms with Crippen molar-refractivity contribution in [3.63, 3.8) is 0 Å². The summed E-state index contributed by atoms with van der Waals surface area (Å²) in [6.07, 6.45) is 13.2. The SMILES string of the molecule is O=C(NC1CCCCCC1)C1CCCN(C(=O)C2CC(c3ccncc3)NN2)C1. The number of nitrogens with one attached hydrogen (secondary N) is 3. The number of pyridine rings is 1. The van der Waals surface area contributed by atoms with E-state index in [1.807, 2.05) is 17.0 Å². The summed E-state index contributed by atoms with van der Waals surface area (Å²) in [4.78, 5) is 31.8. The molecule has 3 fully saturated rings. The highest BCUT2D eigenvalue weighted by Crippen LogP contribution is 2.25. The van der Waals surface area contributed by atoms with Gasteiger partial charge >= 0.3 is 0 Å². The van der Waals surface area contributed by atoms with Crippen molar-refractivity contribution in [2.24, 2.45) is 5.92 Å². The second-order valence-corrected chi connectivity index (χ2v) is 8.73. The van der Waals surface area contributed by atoms with E-state index in [1.54, 1.807) is 12.4 Å². The molecule has 7 heteroatoms. The Kier molecular flexibility index (Phi) is 6.77. The van der Waals surface area contributed by atoms with Crippen molar-refractivity contribution >= 4 is 11.8 Å². The van der Waals surface area contributed by atoms with Crippen LogP contribution in [0.15, 0.2) is 24.5 Å². The fourth-order valence-electron chi connectivity index (χ4n) is 4.89. The van der Waals surface area contributed by atoms with Gasteiger partial charge < -0.3 is 10.2 Å². The molecule has 1 aliphatic carbocycles. The molecule has 3 N–H and O–H groups in total. The summed E-state index contributed by atoms with van der Waals surface area (Å²) in [5.74, 6) is 0.156. The third-order valence-electron chi connectivity index (χ3n) is 6.62. The number of hydrogen-bond acceptors (Lipinski definition) is 5. The van der Waals surface area contributed by atoms with Gasteiger partial charge in [-0.2, -0.15) is 0 Å². The van der Waals surface area contributed by atoms with Gasteiger partial charge in [-0.05, 0) is 49.8 Å². The van der Waals surface area contributed by atoms with E-state index in [4.69, 9.17) is 0 Å². The Morgan fingerprint density at radius 1 is 1.00 bits per heavy atom. The molecule has 3 atom stereocenters. The summed E-state index contributed by atoms with van der Waals surface area (Å²) in [5, 5.41) is 3.28. The van der Waals surface area contributed by atoms with Crippen LogP contribution in [0.2, 0.25) is 0 Å². The van der Waals surface area contributed by atoms with Crippen molar-refractivity contribution in [3.8, 4) is 0 Å². The Labute approximate surface area is 173 Å². The van der Waals surface area contributed by atoms with Crippen LogP contribution in [0.5, 0.6) is 0 Å². The van der Waals surface area contributed by atoms with Crippen LogP contribution in [0.1, 0.15) is 69.4 Å². The van der Waals surface area contributed by atoms with Gasteiger partial charge in [0.1, 0.15) is 6.04 Å². The lowest BCUT2D eigenvalue weighted by Crippen LogP contribution is -2.52. The van der Waals surface area contributed by atoms with E-state index < -0.39 is 0 Å². The molecule has 29 heavy (non-hydrogen) atoms. The molecule has 0 radical (unpaired) electrons. The van der Waals surface area contributed by atoms with Crippen LogP contribution in [-0.4, -0.2) is 46.9 Å². The Morgan fingerprint density at radius 2 is 1.76 bits per heavy atom. The maximum absolute atomic E-state index is 13.1. The average molecular weight is 400 g/mol. The van der Waals surface area contributed by atoms with E-state index in [0.29, 0.717) is 19.0 Å². The van der Waals surface area contributed by atoms with Gasteiger partial charge in [0.2, 0.25) is 11.8 Å². The molecule has 0 spiro atoms. The first kappa shape index (κ1) is 20.3. The number of carbonyl (C=O) groups excluding carboxylic acids is 2. The molecular weight excluding hydrogens is 366 g/mol. The molecule has 2 saturated heterocycles. The van der Waals surface area contributed by atoms with Gasteiger partial charge in [0.05, 0.1) is 5.92 Å². The van der Waals surface area contributed by atoms with Crippen LogP contribution < -0.4 is 16.2 Å². The summed E-state index contributed by atoms with van der Waals surface area (Å²) < 4.78 is 0. The molecule has 1 aromatic heterocycles. The summed E-state index contributed by atoms with van der Waals surface area (Å²) in [6, 6.07) is 4.11. The lowest BCUT2D eigenvalue weighted by atomic mass is 9.95. The molecule has 4 rings (SSSR count). The molecule has 3 heterocycles. The maximum Gasteiger partial charge on any atom is 0.241 e. The number of nitrogens with zero attached hydrogens (tertiary/aromatic N) is 2. The first-order valence-electron chi connectivity index (χ1n) is 11.2. The van der Waals surface area contributed by atoms with Crippen LogP contribution in [0.25, 0.3) is 0 Å². The Hall–Kier alpha value is -1.99. The van der Waals surface area contributed by atoms with Gasteiger partial charge in [-0.25, -0.2) is 10.9 Å². The number of carbonyl (C=O) groups is 2. The number of aromatic nitrogens is 1. The van der Waals surface area contributed by atoms with E-state index in [-0.39, 0.29) is 29.8 Å². The zero-order valence-corrected chi connectivity index (χ0v) is 17.1. The van der Waals surface area contributed by atoms with Crippen LogP contribution in [0.4, 0.5) is 0 Å². The van der Waals surface area contributed by atoms with Gasteiger partial charge in [0.25, 0.3) is 0 Å². The summed E-state index contributed by atoms with van der Waals surface area (Å²) >= 11 is 0. The Bertz CT molecular complexity index is 690. The van der Waals surface area contributed by atoms with Gasteiger partial charge in [-0.3, -0.25) is 14.6 Å². The van der Waals surface area contributed by atoms with Crippen molar-refractivity contribution in [1.82, 2.24) is 26.1 Å². The highest BCUT2D eigenvalue weighted by molar-refractivity contribution is 5.84. The zero-order valence-electron chi connectivity index (χ0n) is 17.1. The summed E-state index contributed by atoms with van der Waals surface area (Å²) in [5.41, 5.74) is 7.52. The average Bonchev–Trinajstić information content (AvgIpc) is 3.12. The van der Waals surface area contributed by atoms with E-state index in [9.17, 15) is 9.59 Å². The minimum atomic E-state index is -0.253. The third kappa shape index (κ3) is 5.14. The number of likely N-dealkylation sites (tertiary alicyclic amines) is 1. The molecule has 2 amide bonds. The van der Waals surface area contributed by atoms with Gasteiger partial charge in [-0.1, -0.05) is 25.7 Å². The second kappa shape index (κ2) is 9.67. The highest BCUT2D eigenvalue weighted by Gasteiger charge is 2.36. The maximum atomic E-state index is 13.1. The first-order chi connectivity index (χ1) is 14.2. The minimum Gasteiger partial charge on any atom is -0.353 e.